The number of ketones is 1. The summed E-state index contributed by atoms with van der Waals surface area (Å²) in [6.07, 6.45) is 1.82. The number of epoxide rings is 1. The van der Waals surface area contributed by atoms with Crippen molar-refractivity contribution in [2.24, 2.45) is 5.92 Å². The average molecular weight is 429 g/mol. The van der Waals surface area contributed by atoms with Crippen molar-refractivity contribution >= 4 is 28.4 Å². The highest BCUT2D eigenvalue weighted by Gasteiger charge is 2.54. The molecule has 9 nitrogen and oxygen atoms in total. The minimum absolute atomic E-state index is 0.0748. The summed E-state index contributed by atoms with van der Waals surface area (Å²) in [4.78, 5) is 42.4. The third-order valence-corrected chi connectivity index (χ3v) is 5.23. The van der Waals surface area contributed by atoms with E-state index in [9.17, 15) is 24.6 Å². The molecule has 0 saturated carbocycles. The molecule has 31 heavy (non-hydrogen) atoms. The molecule has 2 unspecified atom stereocenters. The van der Waals surface area contributed by atoms with Crippen LogP contribution in [-0.4, -0.2) is 70.3 Å². The summed E-state index contributed by atoms with van der Waals surface area (Å²) in [6.45, 7) is 2.75. The van der Waals surface area contributed by atoms with Crippen molar-refractivity contribution in [1.29, 1.82) is 0 Å². The Morgan fingerprint density at radius 3 is 2.45 bits per heavy atom. The van der Waals surface area contributed by atoms with Crippen LogP contribution in [0.2, 0.25) is 0 Å². The van der Waals surface area contributed by atoms with Gasteiger partial charge >= 0.3 is 0 Å². The second kappa shape index (κ2) is 9.51. The highest BCUT2D eigenvalue weighted by atomic mass is 16.6. The van der Waals surface area contributed by atoms with E-state index in [1.165, 1.54) is 6.20 Å². The number of hydrogen-bond donors (Lipinski definition) is 4. The molecule has 1 saturated heterocycles. The van der Waals surface area contributed by atoms with Crippen LogP contribution in [0.4, 0.5) is 0 Å². The van der Waals surface area contributed by atoms with E-state index in [4.69, 9.17) is 4.74 Å². The molecule has 0 radical (unpaired) electrons. The maximum absolute atomic E-state index is 12.8. The molecule has 1 aromatic heterocycles. The molecule has 3 rings (SSSR count). The summed E-state index contributed by atoms with van der Waals surface area (Å²) >= 11 is 0. The van der Waals surface area contributed by atoms with E-state index in [-0.39, 0.29) is 18.2 Å². The number of carbonyl (C=O) groups excluding carboxylic acids is 3. The third kappa shape index (κ3) is 5.07. The van der Waals surface area contributed by atoms with E-state index in [1.54, 1.807) is 18.2 Å². The second-order valence-corrected chi connectivity index (χ2v) is 8.09. The Bertz CT molecular complexity index is 967. The largest absolute Gasteiger partial charge is 0.394 e. The lowest BCUT2D eigenvalue weighted by Crippen LogP contribution is -2.55. The van der Waals surface area contributed by atoms with Crippen molar-refractivity contribution in [2.75, 3.05) is 19.8 Å². The molecule has 1 aliphatic heterocycles. The molecule has 2 amide bonds. The maximum atomic E-state index is 12.8. The molecule has 2 heterocycles. The number of aromatic nitrogens is 1. The minimum Gasteiger partial charge on any atom is -0.394 e. The molecule has 3 atom stereocenters. The van der Waals surface area contributed by atoms with E-state index in [0.29, 0.717) is 11.8 Å². The molecule has 4 N–H and O–H groups in total. The van der Waals surface area contributed by atoms with Crippen LogP contribution in [0.3, 0.4) is 0 Å². The van der Waals surface area contributed by atoms with Crippen LogP contribution in [0.15, 0.2) is 36.5 Å². The zero-order valence-corrected chi connectivity index (χ0v) is 17.5. The van der Waals surface area contributed by atoms with Crippen LogP contribution in [-0.2, 0) is 14.3 Å². The zero-order valence-electron chi connectivity index (χ0n) is 17.5. The Morgan fingerprint density at radius 2 is 1.84 bits per heavy atom. The van der Waals surface area contributed by atoms with Gasteiger partial charge in [0.25, 0.3) is 5.91 Å². The van der Waals surface area contributed by atoms with Gasteiger partial charge in [0.15, 0.2) is 11.4 Å². The molecule has 1 aromatic carbocycles. The van der Waals surface area contributed by atoms with Gasteiger partial charge in [-0.2, -0.15) is 0 Å². The number of fused-ring (bicyclic) bond motifs is 1. The van der Waals surface area contributed by atoms with Gasteiger partial charge in [0.1, 0.15) is 11.7 Å². The number of rotatable bonds is 10. The van der Waals surface area contributed by atoms with Gasteiger partial charge < -0.3 is 25.6 Å². The Balaban J connectivity index is 1.73. The van der Waals surface area contributed by atoms with Crippen molar-refractivity contribution in [3.63, 3.8) is 0 Å². The fraction of sp³-hybridized carbons (Fsp3) is 0.455. The van der Waals surface area contributed by atoms with Crippen LogP contribution in [0.1, 0.15) is 30.8 Å². The van der Waals surface area contributed by atoms with Gasteiger partial charge in [-0.1, -0.05) is 38.1 Å². The molecule has 166 valence electrons. The summed E-state index contributed by atoms with van der Waals surface area (Å²) in [6, 6.07) is 6.76. The second-order valence-electron chi connectivity index (χ2n) is 8.09. The first-order chi connectivity index (χ1) is 14.8. The Morgan fingerprint density at radius 1 is 1.13 bits per heavy atom. The normalized spacial score (nSPS) is 19.6. The fourth-order valence-electron chi connectivity index (χ4n) is 3.41. The molecule has 1 aliphatic rings. The molecule has 0 aliphatic carbocycles. The van der Waals surface area contributed by atoms with Crippen LogP contribution >= 0.6 is 0 Å². The van der Waals surface area contributed by atoms with Crippen molar-refractivity contribution < 1.29 is 29.3 Å². The quantitative estimate of drug-likeness (QED) is 0.395. The molecule has 0 bridgehead atoms. The van der Waals surface area contributed by atoms with Crippen molar-refractivity contribution in [3.8, 4) is 0 Å². The number of carbonyl (C=O) groups is 3. The van der Waals surface area contributed by atoms with Gasteiger partial charge in [0.2, 0.25) is 5.91 Å². The zero-order chi connectivity index (χ0) is 22.6. The smallest absolute Gasteiger partial charge is 0.271 e. The van der Waals surface area contributed by atoms with Gasteiger partial charge in [0.05, 0.1) is 25.9 Å². The van der Waals surface area contributed by atoms with Crippen LogP contribution in [0, 0.1) is 5.92 Å². The maximum Gasteiger partial charge on any atom is 0.271 e. The highest BCUT2D eigenvalue weighted by Crippen LogP contribution is 2.30. The predicted molar refractivity (Wildman–Crippen MR) is 112 cm³/mol. The number of benzene rings is 1. The summed E-state index contributed by atoms with van der Waals surface area (Å²) < 4.78 is 5.12. The number of aliphatic hydroxyl groups is 2. The lowest BCUT2D eigenvalue weighted by Gasteiger charge is -2.24. The van der Waals surface area contributed by atoms with Gasteiger partial charge in [-0.25, -0.2) is 0 Å². The number of nitrogens with one attached hydrogen (secondary N) is 2. The number of nitrogens with zero attached hydrogens (tertiary/aromatic N) is 1. The highest BCUT2D eigenvalue weighted by molar-refractivity contribution is 6.06. The minimum atomic E-state index is -1.28. The number of hydrogen-bond acceptors (Lipinski definition) is 7. The van der Waals surface area contributed by atoms with Crippen molar-refractivity contribution in [2.45, 2.75) is 38.0 Å². The van der Waals surface area contributed by atoms with Crippen LogP contribution < -0.4 is 10.6 Å². The lowest BCUT2D eigenvalue weighted by atomic mass is 9.92. The topological polar surface area (TPSA) is 141 Å². The standard InChI is InChI=1S/C22H27N3O6/c1-13(2)9-16(19(28)22(11-27)12-31-22)24-20(29)17(10-26)25-21(30)18-15-6-4-3-5-14(15)7-8-23-18/h3-8,13,16-17,26-27H,9-12H2,1-2H3,(H,24,29)(H,25,30)/t16?,17-,22?/m0/s1. The first-order valence-electron chi connectivity index (χ1n) is 10.2. The molecule has 9 heteroatoms. The van der Waals surface area contributed by atoms with E-state index >= 15 is 0 Å². The van der Waals surface area contributed by atoms with Gasteiger partial charge in [-0.05, 0) is 23.8 Å². The third-order valence-electron chi connectivity index (χ3n) is 5.23. The molecular formula is C22H27N3O6. The van der Waals surface area contributed by atoms with Crippen LogP contribution in [0.5, 0.6) is 0 Å². The average Bonchev–Trinajstić information content (AvgIpc) is 3.56. The Kier molecular flexibility index (Phi) is 6.99. The number of pyridine rings is 1. The molecule has 0 spiro atoms. The number of Topliss-reactive ketones (excluding diaryl/α,β-unsaturated/α-hetero) is 1. The van der Waals surface area contributed by atoms with E-state index in [0.717, 1.165) is 5.39 Å². The lowest BCUT2D eigenvalue weighted by molar-refractivity contribution is -0.133. The van der Waals surface area contributed by atoms with Gasteiger partial charge in [0, 0.05) is 11.6 Å². The monoisotopic (exact) mass is 429 g/mol. The van der Waals surface area contributed by atoms with E-state index < -0.39 is 48.5 Å². The van der Waals surface area contributed by atoms with Crippen molar-refractivity contribution in [3.05, 3.63) is 42.2 Å². The van der Waals surface area contributed by atoms with Gasteiger partial charge in [-0.3, -0.25) is 19.4 Å². The SMILES string of the molecule is CC(C)CC(NC(=O)[C@H](CO)NC(=O)c1nccc2ccccc12)C(=O)C1(CO)CO1. The number of ether oxygens (including phenoxy) is 1. The fourth-order valence-corrected chi connectivity index (χ4v) is 3.41. The number of aliphatic hydroxyl groups excluding tert-OH is 2. The van der Waals surface area contributed by atoms with E-state index in [2.05, 4.69) is 15.6 Å². The Labute approximate surface area is 179 Å². The summed E-state index contributed by atoms with van der Waals surface area (Å²) in [5.41, 5.74) is -1.15. The summed E-state index contributed by atoms with van der Waals surface area (Å²) in [5.74, 6) is -1.67. The first kappa shape index (κ1) is 22.8. The molecular weight excluding hydrogens is 402 g/mol. The van der Waals surface area contributed by atoms with Crippen LogP contribution in [0.25, 0.3) is 10.8 Å². The molecule has 1 fully saturated rings. The predicted octanol–water partition coefficient (Wildman–Crippen LogP) is 0.187. The van der Waals surface area contributed by atoms with Gasteiger partial charge in [-0.15, -0.1) is 0 Å². The summed E-state index contributed by atoms with van der Waals surface area (Å²) in [5, 5.41) is 25.7. The molecule has 2 aromatic rings. The summed E-state index contributed by atoms with van der Waals surface area (Å²) in [7, 11) is 0. The Hall–Kier alpha value is -2.88. The number of amides is 2. The van der Waals surface area contributed by atoms with E-state index in [1.807, 2.05) is 26.0 Å². The van der Waals surface area contributed by atoms with Crippen molar-refractivity contribution in [1.82, 2.24) is 15.6 Å². The first-order valence-corrected chi connectivity index (χ1v) is 10.2.